The number of ether oxygens (including phenoxy) is 1. The molecule has 0 spiro atoms. The Balaban J connectivity index is 2.03. The number of nitrogens with zero attached hydrogens (tertiary/aromatic N) is 3. The minimum absolute atomic E-state index is 0.0337. The lowest BCUT2D eigenvalue weighted by atomic mass is 9.96. The summed E-state index contributed by atoms with van der Waals surface area (Å²) in [5.41, 5.74) is 3.93. The zero-order valence-electron chi connectivity index (χ0n) is 17.4. The third kappa shape index (κ3) is 5.71. The molecule has 0 aromatic rings. The summed E-state index contributed by atoms with van der Waals surface area (Å²) >= 11 is 1.05. The van der Waals surface area contributed by atoms with Crippen LogP contribution in [0.25, 0.3) is 0 Å². The number of aliphatic hydroxyl groups is 2. The Labute approximate surface area is 180 Å². The minimum Gasteiger partial charge on any atom is -0.387 e. The highest BCUT2D eigenvalue weighted by atomic mass is 32.2. The molecular weight excluding hydrogens is 435 g/mol. The van der Waals surface area contributed by atoms with E-state index in [9.17, 15) is 19.6 Å². The van der Waals surface area contributed by atoms with E-state index in [1.807, 2.05) is 0 Å². The van der Waals surface area contributed by atoms with Gasteiger partial charge in [-0.25, -0.2) is 14.2 Å². The van der Waals surface area contributed by atoms with Crippen molar-refractivity contribution in [2.24, 2.45) is 10.7 Å². The molecule has 4 N–H and O–H groups in total. The van der Waals surface area contributed by atoms with E-state index in [0.29, 0.717) is 5.75 Å². The van der Waals surface area contributed by atoms with E-state index in [2.05, 4.69) is 11.6 Å². The Morgan fingerprint density at radius 2 is 2.20 bits per heavy atom. The van der Waals surface area contributed by atoms with Gasteiger partial charge in [-0.2, -0.15) is 0 Å². The predicted octanol–water partition coefficient (Wildman–Crippen LogP) is 0.464. The van der Waals surface area contributed by atoms with E-state index in [-0.39, 0.29) is 30.0 Å². The van der Waals surface area contributed by atoms with Gasteiger partial charge in [-0.3, -0.25) is 13.8 Å². The average Bonchev–Trinajstić information content (AvgIpc) is 2.87. The second kappa shape index (κ2) is 9.92. The molecule has 30 heavy (non-hydrogen) atoms. The summed E-state index contributed by atoms with van der Waals surface area (Å²) in [6, 6.07) is 0. The monoisotopic (exact) mass is 464 g/mol. The van der Waals surface area contributed by atoms with E-state index in [1.54, 1.807) is 6.20 Å². The molecule has 2 aliphatic heterocycles. The zero-order valence-corrected chi connectivity index (χ0v) is 19.1. The van der Waals surface area contributed by atoms with Gasteiger partial charge in [0.05, 0.1) is 13.2 Å². The van der Waals surface area contributed by atoms with Gasteiger partial charge in [0.2, 0.25) is 0 Å². The molecule has 2 aliphatic rings. The average molecular weight is 464 g/mol. The lowest BCUT2D eigenvalue weighted by Crippen LogP contribution is -2.51. The van der Waals surface area contributed by atoms with Gasteiger partial charge in [-0.15, -0.1) is 0 Å². The molecule has 2 unspecified atom stereocenters. The van der Waals surface area contributed by atoms with Crippen molar-refractivity contribution in [3.63, 3.8) is 0 Å². The highest BCUT2D eigenvalue weighted by Gasteiger charge is 2.55. The summed E-state index contributed by atoms with van der Waals surface area (Å²) in [4.78, 5) is 16.5. The van der Waals surface area contributed by atoms with Crippen LogP contribution in [0.4, 0.5) is 0 Å². The van der Waals surface area contributed by atoms with Crippen LogP contribution in [-0.2, 0) is 23.1 Å². The fourth-order valence-electron chi connectivity index (χ4n) is 2.85. The maximum Gasteiger partial charge on any atom is 0.407 e. The van der Waals surface area contributed by atoms with Crippen molar-refractivity contribution in [3.05, 3.63) is 24.7 Å². The van der Waals surface area contributed by atoms with Gasteiger partial charge < -0.3 is 25.6 Å². The summed E-state index contributed by atoms with van der Waals surface area (Å²) in [5, 5.41) is 21.3. The quantitative estimate of drug-likeness (QED) is 0.323. The molecule has 1 fully saturated rings. The van der Waals surface area contributed by atoms with Gasteiger partial charge in [0, 0.05) is 18.9 Å². The lowest BCUT2D eigenvalue weighted by Gasteiger charge is -2.35. The highest BCUT2D eigenvalue weighted by Crippen LogP contribution is 2.51. The molecule has 2 rings (SSSR count). The fraction of sp³-hybridized carbons (Fsp3) is 0.647. The number of nitrogens with two attached hydrogens (primary N) is 1. The molecule has 0 amide bonds. The Kier molecular flexibility index (Phi) is 8.28. The van der Waals surface area contributed by atoms with E-state index in [0.717, 1.165) is 11.8 Å². The van der Waals surface area contributed by atoms with Crippen LogP contribution >= 0.6 is 19.5 Å². The Bertz CT molecular complexity index is 773. The normalized spacial score (nSPS) is 31.2. The third-order valence-corrected chi connectivity index (χ3v) is 7.25. The Morgan fingerprint density at radius 3 is 2.77 bits per heavy atom. The van der Waals surface area contributed by atoms with Crippen LogP contribution in [0.3, 0.4) is 0 Å². The summed E-state index contributed by atoms with van der Waals surface area (Å²) in [7, 11) is -0.647. The van der Waals surface area contributed by atoms with E-state index >= 15 is 0 Å². The van der Waals surface area contributed by atoms with E-state index < -0.39 is 31.8 Å². The molecule has 1 saturated heterocycles. The van der Waals surface area contributed by atoms with Gasteiger partial charge in [-0.05, 0) is 27.1 Å². The first-order valence-electron chi connectivity index (χ1n) is 9.14. The Morgan fingerprint density at radius 1 is 1.53 bits per heavy atom. The summed E-state index contributed by atoms with van der Waals surface area (Å²) in [5.74, 6) is 0.809. The molecule has 170 valence electrons. The smallest absolute Gasteiger partial charge is 0.387 e. The van der Waals surface area contributed by atoms with Crippen molar-refractivity contribution in [2.75, 3.05) is 33.1 Å². The van der Waals surface area contributed by atoms with Crippen LogP contribution in [0, 0.1) is 0 Å². The number of rotatable bonds is 9. The van der Waals surface area contributed by atoms with Crippen molar-refractivity contribution in [1.82, 2.24) is 9.57 Å². The van der Waals surface area contributed by atoms with Crippen molar-refractivity contribution < 1.29 is 33.4 Å². The molecule has 11 nitrogen and oxygen atoms in total. The number of hydrogen-bond acceptors (Lipinski definition) is 11. The fourth-order valence-corrected chi connectivity index (χ4v) is 4.62. The topological polar surface area (TPSA) is 147 Å². The SMILES string of the molecule is C=C1N=C(N)C=CN1[C@@H]1O[C@H](COP(=O)(OCCSC(C)=O)N(C)C)[C@H](O)C1(C)O. The van der Waals surface area contributed by atoms with Crippen molar-refractivity contribution in [2.45, 2.75) is 37.9 Å². The van der Waals surface area contributed by atoms with E-state index in [4.69, 9.17) is 19.5 Å². The highest BCUT2D eigenvalue weighted by molar-refractivity contribution is 8.13. The number of aliphatic hydroxyl groups excluding tert-OH is 1. The largest absolute Gasteiger partial charge is 0.407 e. The van der Waals surface area contributed by atoms with Gasteiger partial charge in [-0.1, -0.05) is 18.3 Å². The number of carbonyl (C=O) groups is 1. The predicted molar refractivity (Wildman–Crippen MR) is 113 cm³/mol. The second-order valence-corrected chi connectivity index (χ2v) is 10.7. The molecule has 0 saturated carbocycles. The molecule has 0 aliphatic carbocycles. The third-order valence-electron chi connectivity index (χ3n) is 4.50. The van der Waals surface area contributed by atoms with Crippen LogP contribution in [-0.4, -0.2) is 87.8 Å². The molecule has 0 aromatic carbocycles. The van der Waals surface area contributed by atoms with Crippen LogP contribution in [0.2, 0.25) is 0 Å². The van der Waals surface area contributed by atoms with Crippen molar-refractivity contribution in [1.29, 1.82) is 0 Å². The standard InChI is InChI=1S/C17H29N4O7PS/c1-11-19-14(18)6-7-21(11)16-17(3,24)15(23)13(28-16)10-27-29(25,20(4)5)26-8-9-30-12(2)22/h6-7,13,15-16,23-24H,1,8-10H2,2-5H3,(H2,18,19)/t13-,15+,16-,17?,29?/m1/s1. The maximum atomic E-state index is 13.0. The summed E-state index contributed by atoms with van der Waals surface area (Å²) < 4.78 is 30.9. The number of aliphatic imine (C=N–C) groups is 1. The number of thioether (sulfide) groups is 1. The molecular formula is C17H29N4O7PS. The maximum absolute atomic E-state index is 13.0. The lowest BCUT2D eigenvalue weighted by molar-refractivity contribution is -0.110. The molecule has 0 bridgehead atoms. The van der Waals surface area contributed by atoms with Crippen molar-refractivity contribution in [3.8, 4) is 0 Å². The van der Waals surface area contributed by atoms with E-state index in [1.165, 1.54) is 43.6 Å². The van der Waals surface area contributed by atoms with Crippen LogP contribution in [0.5, 0.6) is 0 Å². The number of amidine groups is 1. The summed E-state index contributed by atoms with van der Waals surface area (Å²) in [6.07, 6.45) is -0.320. The zero-order chi connectivity index (χ0) is 22.7. The van der Waals surface area contributed by atoms with Crippen LogP contribution < -0.4 is 5.73 Å². The number of hydrogen-bond donors (Lipinski definition) is 3. The first-order valence-corrected chi connectivity index (χ1v) is 11.6. The first-order chi connectivity index (χ1) is 13.9. The van der Waals surface area contributed by atoms with Crippen LogP contribution in [0.15, 0.2) is 29.7 Å². The van der Waals surface area contributed by atoms with Gasteiger partial charge in [0.1, 0.15) is 29.5 Å². The number of carbonyl (C=O) groups excluding carboxylic acids is 1. The second-order valence-electron chi connectivity index (χ2n) is 7.16. The van der Waals surface area contributed by atoms with Gasteiger partial charge in [0.25, 0.3) is 0 Å². The summed E-state index contributed by atoms with van der Waals surface area (Å²) in [6.45, 7) is 6.34. The molecule has 13 heteroatoms. The van der Waals surface area contributed by atoms with Gasteiger partial charge in [0.15, 0.2) is 11.3 Å². The first kappa shape index (κ1) is 25.0. The molecule has 0 radical (unpaired) electrons. The molecule has 0 aromatic heterocycles. The molecule has 5 atom stereocenters. The Hall–Kier alpha value is -1.24. The molecule has 2 heterocycles. The van der Waals surface area contributed by atoms with Crippen LogP contribution in [0.1, 0.15) is 13.8 Å². The van der Waals surface area contributed by atoms with Crippen molar-refractivity contribution >= 4 is 30.5 Å². The van der Waals surface area contributed by atoms with Gasteiger partial charge >= 0.3 is 7.75 Å². The minimum atomic E-state index is -3.69.